The molecule has 98 valence electrons. The zero-order chi connectivity index (χ0) is 12.7. The number of halogens is 1. The third-order valence-electron chi connectivity index (χ3n) is 4.74. The average Bonchev–Trinajstić information content (AvgIpc) is 3.13. The number of nitrogens with one attached hydrogen (secondary N) is 1. The molecule has 0 aliphatic heterocycles. The predicted molar refractivity (Wildman–Crippen MR) is 71.9 cm³/mol. The van der Waals surface area contributed by atoms with Crippen LogP contribution in [0.2, 0.25) is 0 Å². The van der Waals surface area contributed by atoms with Crippen molar-refractivity contribution in [1.82, 2.24) is 5.32 Å². The van der Waals surface area contributed by atoms with Crippen molar-refractivity contribution < 1.29 is 4.39 Å². The molecule has 0 bridgehead atoms. The van der Waals surface area contributed by atoms with E-state index in [0.717, 1.165) is 23.0 Å². The van der Waals surface area contributed by atoms with Crippen LogP contribution in [0.4, 0.5) is 4.39 Å². The summed E-state index contributed by atoms with van der Waals surface area (Å²) in [7, 11) is 0. The van der Waals surface area contributed by atoms with Gasteiger partial charge in [0.2, 0.25) is 0 Å². The van der Waals surface area contributed by atoms with Gasteiger partial charge in [-0.15, -0.1) is 0 Å². The molecule has 0 heterocycles. The summed E-state index contributed by atoms with van der Waals surface area (Å²) in [6.07, 6.45) is 5.48. The molecular formula is C16H22FN. The second-order valence-electron chi connectivity index (χ2n) is 6.09. The minimum Gasteiger partial charge on any atom is -0.307 e. The maximum Gasteiger partial charge on any atom is 0.126 e. The Kier molecular flexibility index (Phi) is 3.14. The molecule has 2 aliphatic carbocycles. The normalized spacial score (nSPS) is 31.8. The molecule has 2 fully saturated rings. The molecule has 2 saturated carbocycles. The lowest BCUT2D eigenvalue weighted by atomic mass is 9.94. The van der Waals surface area contributed by atoms with Gasteiger partial charge < -0.3 is 5.32 Å². The molecule has 0 radical (unpaired) electrons. The van der Waals surface area contributed by atoms with E-state index in [2.05, 4.69) is 12.2 Å². The molecule has 0 spiro atoms. The van der Waals surface area contributed by atoms with Crippen molar-refractivity contribution in [2.45, 2.75) is 51.6 Å². The molecule has 18 heavy (non-hydrogen) atoms. The Balaban J connectivity index is 1.66. The van der Waals surface area contributed by atoms with Crippen molar-refractivity contribution in [2.75, 3.05) is 0 Å². The summed E-state index contributed by atoms with van der Waals surface area (Å²) in [6.45, 7) is 3.96. The van der Waals surface area contributed by atoms with Gasteiger partial charge in [-0.25, -0.2) is 4.39 Å². The Morgan fingerprint density at radius 3 is 2.94 bits per heavy atom. The zero-order valence-electron chi connectivity index (χ0n) is 11.2. The molecule has 1 aromatic carbocycles. The highest BCUT2D eigenvalue weighted by Crippen LogP contribution is 2.49. The van der Waals surface area contributed by atoms with Crippen molar-refractivity contribution in [3.05, 3.63) is 35.1 Å². The molecular weight excluding hydrogens is 225 g/mol. The lowest BCUT2D eigenvalue weighted by molar-refractivity contribution is 0.328. The number of fused-ring (bicyclic) bond motifs is 1. The van der Waals surface area contributed by atoms with E-state index in [1.165, 1.54) is 25.7 Å². The van der Waals surface area contributed by atoms with Crippen LogP contribution < -0.4 is 5.32 Å². The molecule has 2 heteroatoms. The third-order valence-corrected chi connectivity index (χ3v) is 4.74. The Morgan fingerprint density at radius 2 is 2.17 bits per heavy atom. The van der Waals surface area contributed by atoms with Crippen molar-refractivity contribution in [1.29, 1.82) is 0 Å². The van der Waals surface area contributed by atoms with Crippen LogP contribution >= 0.6 is 0 Å². The smallest absolute Gasteiger partial charge is 0.126 e. The van der Waals surface area contributed by atoms with E-state index < -0.39 is 0 Å². The first-order valence-electron chi connectivity index (χ1n) is 7.17. The van der Waals surface area contributed by atoms with Gasteiger partial charge in [0.15, 0.2) is 0 Å². The number of hydrogen-bond donors (Lipinski definition) is 1. The predicted octanol–water partition coefficient (Wildman–Crippen LogP) is 3.97. The van der Waals surface area contributed by atoms with Gasteiger partial charge in [-0.05, 0) is 55.7 Å². The first-order chi connectivity index (χ1) is 8.65. The summed E-state index contributed by atoms with van der Waals surface area (Å²) < 4.78 is 13.6. The lowest BCUT2D eigenvalue weighted by Gasteiger charge is -2.27. The van der Waals surface area contributed by atoms with Crippen molar-refractivity contribution in [3.63, 3.8) is 0 Å². The summed E-state index contributed by atoms with van der Waals surface area (Å²) in [5, 5.41) is 3.71. The first-order valence-corrected chi connectivity index (χ1v) is 7.17. The van der Waals surface area contributed by atoms with Gasteiger partial charge in [0.25, 0.3) is 0 Å². The Hall–Kier alpha value is -0.890. The molecule has 2 aliphatic rings. The van der Waals surface area contributed by atoms with Crippen LogP contribution in [0, 0.1) is 24.6 Å². The minimum atomic E-state index is -0.0888. The molecule has 4 atom stereocenters. The van der Waals surface area contributed by atoms with Gasteiger partial charge in [0.1, 0.15) is 5.82 Å². The highest BCUT2D eigenvalue weighted by atomic mass is 19.1. The standard InChI is InChI=1S/C16H22FN/c1-10-6-7-12(9-15(10)17)11(2)18-16-5-3-4-13-8-14(13)16/h6-7,9,11,13-14,16,18H,3-5,8H2,1-2H3. The van der Waals surface area contributed by atoms with E-state index in [4.69, 9.17) is 0 Å². The summed E-state index contributed by atoms with van der Waals surface area (Å²) in [5.74, 6) is 1.80. The Morgan fingerprint density at radius 1 is 1.33 bits per heavy atom. The maximum atomic E-state index is 13.6. The highest BCUT2D eigenvalue weighted by Gasteiger charge is 2.45. The first kappa shape index (κ1) is 12.2. The number of aryl methyl sites for hydroxylation is 1. The van der Waals surface area contributed by atoms with Gasteiger partial charge in [0, 0.05) is 12.1 Å². The van der Waals surface area contributed by atoms with E-state index in [0.29, 0.717) is 6.04 Å². The topological polar surface area (TPSA) is 12.0 Å². The van der Waals surface area contributed by atoms with Crippen molar-refractivity contribution in [2.24, 2.45) is 11.8 Å². The second-order valence-corrected chi connectivity index (χ2v) is 6.09. The molecule has 0 aromatic heterocycles. The van der Waals surface area contributed by atoms with E-state index in [9.17, 15) is 4.39 Å². The second kappa shape index (κ2) is 4.65. The number of benzene rings is 1. The molecule has 4 unspecified atom stereocenters. The van der Waals surface area contributed by atoms with Crippen LogP contribution in [0.5, 0.6) is 0 Å². The third kappa shape index (κ3) is 2.31. The fraction of sp³-hybridized carbons (Fsp3) is 0.625. The van der Waals surface area contributed by atoms with Gasteiger partial charge in [-0.2, -0.15) is 0 Å². The Labute approximate surface area is 109 Å². The number of rotatable bonds is 3. The Bertz CT molecular complexity index is 443. The molecule has 1 N–H and O–H groups in total. The maximum absolute atomic E-state index is 13.6. The summed E-state index contributed by atoms with van der Waals surface area (Å²) in [6, 6.07) is 6.51. The minimum absolute atomic E-state index is 0.0888. The van der Waals surface area contributed by atoms with Crippen LogP contribution in [0.1, 0.15) is 49.8 Å². The zero-order valence-corrected chi connectivity index (χ0v) is 11.2. The van der Waals surface area contributed by atoms with Gasteiger partial charge >= 0.3 is 0 Å². The van der Waals surface area contributed by atoms with Crippen LogP contribution in [-0.4, -0.2) is 6.04 Å². The largest absolute Gasteiger partial charge is 0.307 e. The van der Waals surface area contributed by atoms with Gasteiger partial charge in [0.05, 0.1) is 0 Å². The lowest BCUT2D eigenvalue weighted by Crippen LogP contribution is -2.35. The van der Waals surface area contributed by atoms with E-state index in [1.54, 1.807) is 6.07 Å². The molecule has 1 nitrogen and oxygen atoms in total. The van der Waals surface area contributed by atoms with E-state index >= 15 is 0 Å². The fourth-order valence-electron chi connectivity index (χ4n) is 3.41. The highest BCUT2D eigenvalue weighted by molar-refractivity contribution is 5.25. The van der Waals surface area contributed by atoms with Crippen molar-refractivity contribution >= 4 is 0 Å². The molecule has 0 saturated heterocycles. The van der Waals surface area contributed by atoms with Crippen LogP contribution in [-0.2, 0) is 0 Å². The fourth-order valence-corrected chi connectivity index (χ4v) is 3.41. The summed E-state index contributed by atoms with van der Waals surface area (Å²) >= 11 is 0. The van der Waals surface area contributed by atoms with Crippen LogP contribution in [0.15, 0.2) is 18.2 Å². The van der Waals surface area contributed by atoms with E-state index in [-0.39, 0.29) is 11.9 Å². The summed E-state index contributed by atoms with van der Waals surface area (Å²) in [4.78, 5) is 0. The average molecular weight is 247 g/mol. The monoisotopic (exact) mass is 247 g/mol. The summed E-state index contributed by atoms with van der Waals surface area (Å²) in [5.41, 5.74) is 1.80. The molecule has 3 rings (SSSR count). The molecule has 0 amide bonds. The molecule has 1 aromatic rings. The van der Waals surface area contributed by atoms with Gasteiger partial charge in [-0.1, -0.05) is 25.0 Å². The van der Waals surface area contributed by atoms with Crippen molar-refractivity contribution in [3.8, 4) is 0 Å². The quantitative estimate of drug-likeness (QED) is 0.852. The SMILES string of the molecule is Cc1ccc(C(C)NC2CCCC3CC32)cc1F. The van der Waals surface area contributed by atoms with E-state index in [1.807, 2.05) is 19.1 Å². The van der Waals surface area contributed by atoms with Crippen LogP contribution in [0.3, 0.4) is 0 Å². The van der Waals surface area contributed by atoms with Gasteiger partial charge in [-0.3, -0.25) is 0 Å². The van der Waals surface area contributed by atoms with Crippen LogP contribution in [0.25, 0.3) is 0 Å². The number of hydrogen-bond acceptors (Lipinski definition) is 1.